The second-order valence-electron chi connectivity index (χ2n) is 3.95. The van der Waals surface area contributed by atoms with Crippen LogP contribution in [0.5, 0.6) is 5.75 Å². The summed E-state index contributed by atoms with van der Waals surface area (Å²) in [6.07, 6.45) is -4.54. The highest BCUT2D eigenvalue weighted by atomic mass is 32.2. The van der Waals surface area contributed by atoms with E-state index < -0.39 is 28.4 Å². The molecule has 0 saturated heterocycles. The van der Waals surface area contributed by atoms with Crippen molar-refractivity contribution in [1.29, 1.82) is 0 Å². The molecule has 0 amide bonds. The van der Waals surface area contributed by atoms with Crippen molar-refractivity contribution in [2.24, 2.45) is 0 Å². The zero-order chi connectivity index (χ0) is 15.3. The van der Waals surface area contributed by atoms with Gasteiger partial charge in [0.2, 0.25) is 0 Å². The molecule has 0 saturated carbocycles. The third-order valence-electron chi connectivity index (χ3n) is 2.43. The molecule has 1 aromatic rings. The van der Waals surface area contributed by atoms with Crippen LogP contribution in [0.25, 0.3) is 0 Å². The van der Waals surface area contributed by atoms with Crippen molar-refractivity contribution in [2.75, 3.05) is 0 Å². The predicted molar refractivity (Wildman–Crippen MR) is 66.7 cm³/mol. The summed E-state index contributed by atoms with van der Waals surface area (Å²) >= 11 is 0. The standard InChI is InChI=1S/C12H13F3O4S/c1-2-10(11(16)17)20(18)7-8-3-5-9(6-4-8)19-12(13,14)15/h3-6,10H,2,7H2,1H3,(H,16,17). The number of ether oxygens (including phenoxy) is 1. The van der Waals surface area contributed by atoms with E-state index in [0.29, 0.717) is 5.56 Å². The highest BCUT2D eigenvalue weighted by Gasteiger charge is 2.31. The molecule has 20 heavy (non-hydrogen) atoms. The van der Waals surface area contributed by atoms with E-state index in [9.17, 15) is 22.2 Å². The fraction of sp³-hybridized carbons (Fsp3) is 0.417. The van der Waals surface area contributed by atoms with E-state index in [-0.39, 0.29) is 17.9 Å². The molecule has 0 aliphatic heterocycles. The summed E-state index contributed by atoms with van der Waals surface area (Å²) < 4.78 is 51.4. The van der Waals surface area contributed by atoms with Crippen molar-refractivity contribution in [1.82, 2.24) is 0 Å². The minimum absolute atomic E-state index is 0.0307. The molecular formula is C12H13F3O4S. The van der Waals surface area contributed by atoms with E-state index in [0.717, 1.165) is 12.1 Å². The molecule has 0 aromatic heterocycles. The number of alkyl halides is 3. The number of hydrogen-bond donors (Lipinski definition) is 1. The largest absolute Gasteiger partial charge is 0.573 e. The van der Waals surface area contributed by atoms with Crippen molar-refractivity contribution < 1.29 is 32.0 Å². The molecule has 0 bridgehead atoms. The van der Waals surface area contributed by atoms with E-state index in [4.69, 9.17) is 5.11 Å². The van der Waals surface area contributed by atoms with Crippen LogP contribution < -0.4 is 4.74 Å². The molecule has 1 rings (SSSR count). The molecule has 2 atom stereocenters. The normalized spacial score (nSPS) is 14.6. The number of halogens is 3. The Labute approximate surface area is 116 Å². The second-order valence-corrected chi connectivity index (χ2v) is 5.57. The Morgan fingerprint density at radius 1 is 1.35 bits per heavy atom. The summed E-state index contributed by atoms with van der Waals surface area (Å²) in [5.41, 5.74) is 0.484. The molecule has 0 aliphatic rings. The maximum absolute atomic E-state index is 12.0. The topological polar surface area (TPSA) is 63.6 Å². The van der Waals surface area contributed by atoms with Crippen LogP contribution in [-0.4, -0.2) is 26.9 Å². The van der Waals surface area contributed by atoms with E-state index >= 15 is 0 Å². The zero-order valence-corrected chi connectivity index (χ0v) is 11.3. The van der Waals surface area contributed by atoms with Gasteiger partial charge in [-0.25, -0.2) is 0 Å². The third kappa shape index (κ3) is 5.20. The summed E-state index contributed by atoms with van der Waals surface area (Å²) in [7, 11) is -1.63. The highest BCUT2D eigenvalue weighted by Crippen LogP contribution is 2.23. The van der Waals surface area contributed by atoms with Crippen LogP contribution in [0.2, 0.25) is 0 Å². The fourth-order valence-electron chi connectivity index (χ4n) is 1.53. The number of hydrogen-bond acceptors (Lipinski definition) is 3. The van der Waals surface area contributed by atoms with Crippen LogP contribution in [0.4, 0.5) is 13.2 Å². The molecule has 0 radical (unpaired) electrons. The van der Waals surface area contributed by atoms with Gasteiger partial charge < -0.3 is 9.84 Å². The Morgan fingerprint density at radius 3 is 2.30 bits per heavy atom. The van der Waals surface area contributed by atoms with Gasteiger partial charge in [-0.15, -0.1) is 13.2 Å². The quantitative estimate of drug-likeness (QED) is 0.877. The number of rotatable bonds is 6. The van der Waals surface area contributed by atoms with Gasteiger partial charge in [0.25, 0.3) is 0 Å². The number of carboxylic acid groups (broad SMARTS) is 1. The summed E-state index contributed by atoms with van der Waals surface area (Å²) in [6, 6.07) is 4.85. The van der Waals surface area contributed by atoms with Crippen molar-refractivity contribution >= 4 is 16.8 Å². The fourth-order valence-corrected chi connectivity index (χ4v) is 2.84. The van der Waals surface area contributed by atoms with Crippen molar-refractivity contribution in [3.8, 4) is 5.75 Å². The molecule has 1 aromatic carbocycles. The molecule has 0 spiro atoms. The Kier molecular flexibility index (Phi) is 5.55. The molecule has 112 valence electrons. The van der Waals surface area contributed by atoms with Gasteiger partial charge in [0.05, 0.1) is 0 Å². The Bertz CT molecular complexity index is 484. The van der Waals surface area contributed by atoms with E-state index in [1.54, 1.807) is 6.92 Å². The average molecular weight is 310 g/mol. The predicted octanol–water partition coefficient (Wildman–Crippen LogP) is 2.70. The third-order valence-corrected chi connectivity index (χ3v) is 4.22. The first kappa shape index (κ1) is 16.5. The average Bonchev–Trinajstić information content (AvgIpc) is 2.30. The van der Waals surface area contributed by atoms with Crippen molar-refractivity contribution in [2.45, 2.75) is 30.7 Å². The molecule has 4 nitrogen and oxygen atoms in total. The SMILES string of the molecule is CCC(C(=O)O)S(=O)Cc1ccc(OC(F)(F)F)cc1. The van der Waals surface area contributed by atoms with E-state index in [1.165, 1.54) is 12.1 Å². The maximum atomic E-state index is 12.0. The number of carboxylic acids is 1. The molecule has 0 fully saturated rings. The van der Waals surface area contributed by atoms with Gasteiger partial charge in [-0.1, -0.05) is 19.1 Å². The van der Waals surface area contributed by atoms with Gasteiger partial charge in [-0.3, -0.25) is 9.00 Å². The maximum Gasteiger partial charge on any atom is 0.573 e. The second kappa shape index (κ2) is 6.74. The molecule has 0 aliphatic carbocycles. The van der Waals surface area contributed by atoms with Crippen molar-refractivity contribution in [3.05, 3.63) is 29.8 Å². The Balaban J connectivity index is 2.70. The van der Waals surface area contributed by atoms with Gasteiger partial charge in [-0.2, -0.15) is 0 Å². The lowest BCUT2D eigenvalue weighted by molar-refractivity contribution is -0.274. The van der Waals surface area contributed by atoms with Crippen LogP contribution in [0.15, 0.2) is 24.3 Å². The first-order valence-corrected chi connectivity index (χ1v) is 7.06. The summed E-state index contributed by atoms with van der Waals surface area (Å²) in [6.45, 7) is 1.61. The van der Waals surface area contributed by atoms with Crippen LogP contribution in [0.3, 0.4) is 0 Å². The summed E-state index contributed by atoms with van der Waals surface area (Å²) in [5, 5.41) is 7.87. The first-order chi connectivity index (χ1) is 9.23. The number of carbonyl (C=O) groups is 1. The Hall–Kier alpha value is -1.57. The van der Waals surface area contributed by atoms with Gasteiger partial charge in [0.1, 0.15) is 11.0 Å². The summed E-state index contributed by atoms with van der Waals surface area (Å²) in [5.74, 6) is -1.56. The van der Waals surface area contributed by atoms with E-state index in [1.807, 2.05) is 0 Å². The Morgan fingerprint density at radius 2 is 1.90 bits per heavy atom. The van der Waals surface area contributed by atoms with Crippen molar-refractivity contribution in [3.63, 3.8) is 0 Å². The van der Waals surface area contributed by atoms with Crippen LogP contribution in [0.1, 0.15) is 18.9 Å². The number of aliphatic carboxylic acids is 1. The molecular weight excluding hydrogens is 297 g/mol. The van der Waals surface area contributed by atoms with Gasteiger partial charge in [-0.05, 0) is 24.1 Å². The zero-order valence-electron chi connectivity index (χ0n) is 10.5. The molecule has 2 unspecified atom stereocenters. The lowest BCUT2D eigenvalue weighted by Crippen LogP contribution is -2.25. The highest BCUT2D eigenvalue weighted by molar-refractivity contribution is 7.85. The van der Waals surface area contributed by atoms with E-state index in [2.05, 4.69) is 4.74 Å². The van der Waals surface area contributed by atoms with Crippen LogP contribution >= 0.6 is 0 Å². The van der Waals surface area contributed by atoms with Gasteiger partial charge in [0.15, 0.2) is 0 Å². The minimum atomic E-state index is -4.76. The van der Waals surface area contributed by atoms with Crippen LogP contribution in [-0.2, 0) is 21.3 Å². The van der Waals surface area contributed by atoms with Gasteiger partial charge >= 0.3 is 12.3 Å². The number of benzene rings is 1. The molecule has 0 heterocycles. The smallest absolute Gasteiger partial charge is 0.480 e. The van der Waals surface area contributed by atoms with Gasteiger partial charge in [0, 0.05) is 16.6 Å². The van der Waals surface area contributed by atoms with Crippen LogP contribution in [0, 0.1) is 0 Å². The lowest BCUT2D eigenvalue weighted by Gasteiger charge is -2.11. The minimum Gasteiger partial charge on any atom is -0.480 e. The molecule has 1 N–H and O–H groups in total. The monoisotopic (exact) mass is 310 g/mol. The molecule has 8 heteroatoms. The summed E-state index contributed by atoms with van der Waals surface area (Å²) in [4.78, 5) is 10.8. The first-order valence-electron chi connectivity index (χ1n) is 5.67. The lowest BCUT2D eigenvalue weighted by atomic mass is 10.2.